The van der Waals surface area contributed by atoms with Crippen LogP contribution in [-0.4, -0.2) is 68.0 Å². The molecular formula is C56H90N2O2P2. The molecule has 0 amide bonds. The van der Waals surface area contributed by atoms with E-state index in [1.807, 2.05) is 0 Å². The summed E-state index contributed by atoms with van der Waals surface area (Å²) in [4.78, 5) is 17.0. The molecule has 9 atom stereocenters. The van der Waals surface area contributed by atoms with Crippen molar-refractivity contribution in [1.29, 1.82) is 0 Å². The van der Waals surface area contributed by atoms with E-state index in [-0.39, 0.29) is 32.8 Å². The van der Waals surface area contributed by atoms with Crippen molar-refractivity contribution in [1.82, 2.24) is 10.2 Å². The number of allylic oxidation sites excluding steroid dienone is 13. The molecule has 62 heavy (non-hydrogen) atoms. The van der Waals surface area contributed by atoms with Crippen molar-refractivity contribution in [2.45, 2.75) is 163 Å². The van der Waals surface area contributed by atoms with E-state index < -0.39 is 0 Å². The first-order valence-corrected chi connectivity index (χ1v) is 29.3. The number of carbonyl (C=O) groups is 1. The third kappa shape index (κ3) is 13.1. The van der Waals surface area contributed by atoms with E-state index in [0.717, 1.165) is 49.7 Å². The molecule has 0 spiro atoms. The molecule has 0 bridgehead atoms. The number of hydrogen-bond donors (Lipinski definition) is 1. The largest absolute Gasteiger partial charge is 0.389 e. The van der Waals surface area contributed by atoms with Gasteiger partial charge in [0, 0.05) is 54.5 Å². The molecule has 2 fully saturated rings. The molecular weight excluding hydrogens is 795 g/mol. The SMILES string of the molecule is C=C1C=CC2(C)C(=C1)CCC1C2C(C)CC(C)(C(OCC)C(=O)CCP(CC)CP(C)CCCNC(=C)CCC(=C)N(C)C2=C(CCC3=CC=CCC3)CCCC2)C1CCCC. The first-order chi connectivity index (χ1) is 29.7. The molecule has 0 radical (unpaired) electrons. The highest BCUT2D eigenvalue weighted by Gasteiger charge is 2.59. The Labute approximate surface area is 384 Å². The Kier molecular flexibility index (Phi) is 20.2. The van der Waals surface area contributed by atoms with E-state index in [4.69, 9.17) is 4.74 Å². The molecule has 2 saturated carbocycles. The maximum absolute atomic E-state index is 14.6. The van der Waals surface area contributed by atoms with Gasteiger partial charge in [0.2, 0.25) is 0 Å². The van der Waals surface area contributed by atoms with Crippen LogP contribution in [0.4, 0.5) is 0 Å². The second-order valence-electron chi connectivity index (χ2n) is 20.6. The highest BCUT2D eigenvalue weighted by molar-refractivity contribution is 7.74. The number of Topliss-reactive ketones (excluding diaryl/α,β-unsaturated/α-hetero) is 1. The number of unbranched alkanes of at least 4 members (excludes halogenated alkanes) is 1. The standard InChI is InChI=1S/C56H90N2O2P2/c1-12-15-25-50-49-32-31-48-39-42(4)33-35-55(48,8)53(49)43(5)40-56(50,9)54(60-13-2)52(59)34-38-62(14-3)41-61(11)37-21-36-57-44(6)27-28-45(7)58(10)51-26-20-19-24-47(51)30-29-46-22-17-16-18-23-46/h16-17,22,33,35,39,43,49-50,53-54,57H,4,6-7,12-15,18-21,23-32,34,36-38,40-41H2,1-3,5,8-11H3. The van der Waals surface area contributed by atoms with Crippen LogP contribution in [0.3, 0.4) is 0 Å². The summed E-state index contributed by atoms with van der Waals surface area (Å²) < 4.78 is 6.66. The van der Waals surface area contributed by atoms with Gasteiger partial charge in [-0.15, -0.1) is 15.8 Å². The highest BCUT2D eigenvalue weighted by atomic mass is 31.2. The Morgan fingerprint density at radius 3 is 2.55 bits per heavy atom. The van der Waals surface area contributed by atoms with Crippen LogP contribution in [0.25, 0.3) is 0 Å². The average molecular weight is 885 g/mol. The molecule has 9 unspecified atom stereocenters. The molecule has 5 aliphatic rings. The normalized spacial score (nSPS) is 28.6. The van der Waals surface area contributed by atoms with E-state index >= 15 is 0 Å². The number of fused-ring (bicyclic) bond motifs is 3. The number of ether oxygens (including phenoxy) is 1. The van der Waals surface area contributed by atoms with Gasteiger partial charge in [0.05, 0.1) is 0 Å². The number of hydrogen-bond acceptors (Lipinski definition) is 4. The van der Waals surface area contributed by atoms with Crippen molar-refractivity contribution in [2.75, 3.05) is 51.3 Å². The highest BCUT2D eigenvalue weighted by Crippen LogP contribution is 2.64. The first kappa shape index (κ1) is 51.0. The van der Waals surface area contributed by atoms with Crippen LogP contribution in [0.5, 0.6) is 0 Å². The number of ketones is 1. The van der Waals surface area contributed by atoms with Gasteiger partial charge in [-0.25, -0.2) is 0 Å². The van der Waals surface area contributed by atoms with Gasteiger partial charge in [-0.3, -0.25) is 4.79 Å². The Bertz CT molecular complexity index is 1700. The molecule has 4 nitrogen and oxygen atoms in total. The lowest BCUT2D eigenvalue weighted by atomic mass is 9.43. The summed E-state index contributed by atoms with van der Waals surface area (Å²) in [5.41, 5.74) is 9.83. The summed E-state index contributed by atoms with van der Waals surface area (Å²) in [6, 6.07) is 0. The van der Waals surface area contributed by atoms with Crippen molar-refractivity contribution in [3.05, 3.63) is 95.6 Å². The second-order valence-corrected chi connectivity index (χ2v) is 26.3. The van der Waals surface area contributed by atoms with E-state index in [9.17, 15) is 4.79 Å². The Morgan fingerprint density at radius 2 is 1.82 bits per heavy atom. The Morgan fingerprint density at radius 1 is 1.03 bits per heavy atom. The smallest absolute Gasteiger partial charge is 0.162 e. The summed E-state index contributed by atoms with van der Waals surface area (Å²) >= 11 is 0. The molecule has 0 aromatic carbocycles. The Balaban J connectivity index is 1.07. The van der Waals surface area contributed by atoms with Crippen LogP contribution in [-0.2, 0) is 9.53 Å². The van der Waals surface area contributed by atoms with Crippen LogP contribution in [0.1, 0.15) is 157 Å². The van der Waals surface area contributed by atoms with Crippen LogP contribution in [0, 0.1) is 34.5 Å². The van der Waals surface area contributed by atoms with Crippen LogP contribution in [0.2, 0.25) is 0 Å². The van der Waals surface area contributed by atoms with Crippen molar-refractivity contribution in [3.63, 3.8) is 0 Å². The molecule has 346 valence electrons. The fraction of sp³-hybridized carbons (Fsp3) is 0.696. The minimum Gasteiger partial charge on any atom is -0.389 e. The molecule has 0 saturated heterocycles. The molecule has 5 rings (SSSR count). The van der Waals surface area contributed by atoms with Crippen molar-refractivity contribution < 1.29 is 9.53 Å². The monoisotopic (exact) mass is 885 g/mol. The lowest BCUT2D eigenvalue weighted by Gasteiger charge is -2.61. The van der Waals surface area contributed by atoms with Gasteiger partial charge in [0.1, 0.15) is 6.10 Å². The van der Waals surface area contributed by atoms with Gasteiger partial charge in [0.15, 0.2) is 5.78 Å². The molecule has 5 aliphatic carbocycles. The lowest BCUT2D eigenvalue weighted by molar-refractivity contribution is -0.163. The summed E-state index contributed by atoms with van der Waals surface area (Å²) in [5.74, 6) is 3.96. The van der Waals surface area contributed by atoms with Gasteiger partial charge < -0.3 is 15.0 Å². The van der Waals surface area contributed by atoms with Crippen LogP contribution < -0.4 is 5.32 Å². The van der Waals surface area contributed by atoms with Gasteiger partial charge in [-0.2, -0.15) is 0 Å². The molecule has 0 heterocycles. The van der Waals surface area contributed by atoms with Crippen LogP contribution >= 0.6 is 15.8 Å². The number of rotatable bonds is 26. The summed E-state index contributed by atoms with van der Waals surface area (Å²) in [5, 5.41) is 3.67. The van der Waals surface area contributed by atoms with Gasteiger partial charge in [-0.1, -0.05) is 120 Å². The lowest BCUT2D eigenvalue weighted by Crippen LogP contribution is -2.58. The zero-order valence-electron chi connectivity index (χ0n) is 41.1. The molecule has 0 aromatic heterocycles. The third-order valence-electron chi connectivity index (χ3n) is 16.1. The molecule has 1 N–H and O–H groups in total. The fourth-order valence-electron chi connectivity index (χ4n) is 12.7. The predicted octanol–water partition coefficient (Wildman–Crippen LogP) is 15.5. The summed E-state index contributed by atoms with van der Waals surface area (Å²) in [7, 11) is 2.03. The van der Waals surface area contributed by atoms with Crippen molar-refractivity contribution in [2.24, 2.45) is 34.5 Å². The van der Waals surface area contributed by atoms with Gasteiger partial charge in [0.25, 0.3) is 0 Å². The second kappa shape index (κ2) is 24.5. The van der Waals surface area contributed by atoms with Crippen molar-refractivity contribution >= 4 is 21.6 Å². The molecule has 0 aromatic rings. The predicted molar refractivity (Wildman–Crippen MR) is 275 cm³/mol. The van der Waals surface area contributed by atoms with E-state index in [1.54, 1.807) is 16.7 Å². The summed E-state index contributed by atoms with van der Waals surface area (Å²) in [6.45, 7) is 31.6. The number of carbonyl (C=O) groups excluding carboxylic acids is 1. The van der Waals surface area contributed by atoms with Crippen LogP contribution in [0.15, 0.2) is 95.6 Å². The van der Waals surface area contributed by atoms with Crippen molar-refractivity contribution in [3.8, 4) is 0 Å². The summed E-state index contributed by atoms with van der Waals surface area (Å²) in [6.07, 6.45) is 37.9. The zero-order valence-corrected chi connectivity index (χ0v) is 42.9. The quantitative estimate of drug-likeness (QED) is 0.0694. The zero-order chi connectivity index (χ0) is 44.9. The first-order valence-electron chi connectivity index (χ1n) is 25.3. The molecule has 0 aliphatic heterocycles. The fourth-order valence-corrected chi connectivity index (χ4v) is 18.9. The van der Waals surface area contributed by atoms with E-state index in [2.05, 4.69) is 122 Å². The average Bonchev–Trinajstić information content (AvgIpc) is 3.26. The van der Waals surface area contributed by atoms with Gasteiger partial charge in [-0.05, 0) is 164 Å². The third-order valence-corrected chi connectivity index (χ3v) is 22.4. The number of nitrogens with one attached hydrogen (secondary N) is 1. The minimum absolute atomic E-state index is 0.0533. The maximum atomic E-state index is 14.6. The molecule has 6 heteroatoms. The minimum atomic E-state index is -0.299. The number of nitrogens with zero attached hydrogens (tertiary/aromatic N) is 1. The Hall–Kier alpha value is -1.99. The van der Waals surface area contributed by atoms with E-state index in [0.29, 0.717) is 42.5 Å². The van der Waals surface area contributed by atoms with Gasteiger partial charge >= 0.3 is 0 Å². The maximum Gasteiger partial charge on any atom is 0.162 e. The van der Waals surface area contributed by atoms with E-state index in [1.165, 1.54) is 113 Å². The topological polar surface area (TPSA) is 41.6 Å².